The zero-order valence-electron chi connectivity index (χ0n) is 14.8. The van der Waals surface area contributed by atoms with Crippen LogP contribution in [0.1, 0.15) is 29.4 Å². The molecule has 0 amide bonds. The molecule has 27 heavy (non-hydrogen) atoms. The first-order chi connectivity index (χ1) is 13.3. The largest absolute Gasteiger partial charge is 0.494 e. The highest BCUT2D eigenvalue weighted by atomic mass is 16.5. The van der Waals surface area contributed by atoms with Crippen LogP contribution in [0.4, 0.5) is 0 Å². The van der Waals surface area contributed by atoms with E-state index in [-0.39, 0.29) is 0 Å². The highest BCUT2D eigenvalue weighted by Crippen LogP contribution is 2.56. The average Bonchev–Trinajstić information content (AvgIpc) is 3.54. The van der Waals surface area contributed by atoms with Gasteiger partial charge in [-0.15, -0.1) is 0 Å². The SMILES string of the molecule is COc1ccc([C@@H]2C[C@@H]2c2cnc(-c3ncccn3)nc2)c2cccnc12. The van der Waals surface area contributed by atoms with Gasteiger partial charge in [0, 0.05) is 36.4 Å². The average molecular weight is 355 g/mol. The lowest BCUT2D eigenvalue weighted by Gasteiger charge is -2.09. The van der Waals surface area contributed by atoms with E-state index in [2.05, 4.69) is 37.1 Å². The number of benzene rings is 1. The Kier molecular flexibility index (Phi) is 3.74. The van der Waals surface area contributed by atoms with E-state index in [0.717, 1.165) is 28.6 Å². The topological polar surface area (TPSA) is 73.7 Å². The maximum Gasteiger partial charge on any atom is 0.197 e. The number of aromatic nitrogens is 5. The second-order valence-electron chi connectivity index (χ2n) is 6.62. The minimum absolute atomic E-state index is 0.424. The van der Waals surface area contributed by atoms with Crippen LogP contribution in [0.15, 0.2) is 61.3 Å². The van der Waals surface area contributed by atoms with Crippen LogP contribution in [0.25, 0.3) is 22.6 Å². The van der Waals surface area contributed by atoms with Gasteiger partial charge in [0.15, 0.2) is 11.6 Å². The van der Waals surface area contributed by atoms with Crippen molar-refractivity contribution in [3.05, 3.63) is 72.4 Å². The summed E-state index contributed by atoms with van der Waals surface area (Å²) >= 11 is 0. The van der Waals surface area contributed by atoms with Gasteiger partial charge < -0.3 is 4.74 Å². The summed E-state index contributed by atoms with van der Waals surface area (Å²) in [6.45, 7) is 0. The predicted molar refractivity (Wildman–Crippen MR) is 101 cm³/mol. The molecule has 5 rings (SSSR count). The van der Waals surface area contributed by atoms with Crippen molar-refractivity contribution in [1.29, 1.82) is 0 Å². The first-order valence-corrected chi connectivity index (χ1v) is 8.86. The lowest BCUT2D eigenvalue weighted by Crippen LogP contribution is -1.96. The quantitative estimate of drug-likeness (QED) is 0.555. The maximum absolute atomic E-state index is 5.45. The molecule has 0 saturated heterocycles. The molecule has 6 nitrogen and oxygen atoms in total. The molecule has 0 N–H and O–H groups in total. The van der Waals surface area contributed by atoms with Gasteiger partial charge in [-0.3, -0.25) is 4.98 Å². The molecule has 1 aromatic carbocycles. The van der Waals surface area contributed by atoms with Crippen molar-refractivity contribution in [2.24, 2.45) is 0 Å². The van der Waals surface area contributed by atoms with Gasteiger partial charge in [-0.1, -0.05) is 12.1 Å². The molecule has 1 aliphatic rings. The standard InChI is InChI=1S/C21H17N5O/c1-27-18-6-5-14(15-4-2-7-22-19(15)18)17-10-16(17)13-11-25-21(26-12-13)20-23-8-3-9-24-20/h2-9,11-12,16-17H,10H2,1H3/t16-,17+/m1/s1. The molecule has 0 unspecified atom stereocenters. The summed E-state index contributed by atoms with van der Waals surface area (Å²) in [7, 11) is 1.68. The zero-order valence-corrected chi connectivity index (χ0v) is 14.8. The molecule has 3 aromatic heterocycles. The molecular formula is C21H17N5O. The fourth-order valence-corrected chi connectivity index (χ4v) is 3.62. The Morgan fingerprint density at radius 2 is 1.56 bits per heavy atom. The first-order valence-electron chi connectivity index (χ1n) is 8.86. The number of hydrogen-bond acceptors (Lipinski definition) is 6. The normalized spacial score (nSPS) is 18.4. The molecule has 1 fully saturated rings. The second-order valence-corrected chi connectivity index (χ2v) is 6.62. The maximum atomic E-state index is 5.45. The van der Waals surface area contributed by atoms with Crippen molar-refractivity contribution in [2.45, 2.75) is 18.3 Å². The minimum Gasteiger partial charge on any atom is -0.494 e. The van der Waals surface area contributed by atoms with Crippen LogP contribution in [-0.4, -0.2) is 32.0 Å². The van der Waals surface area contributed by atoms with Crippen LogP contribution in [0.3, 0.4) is 0 Å². The van der Waals surface area contributed by atoms with E-state index < -0.39 is 0 Å². The molecule has 1 aliphatic carbocycles. The van der Waals surface area contributed by atoms with Crippen LogP contribution < -0.4 is 4.74 Å². The Morgan fingerprint density at radius 1 is 0.815 bits per heavy atom. The third-order valence-electron chi connectivity index (χ3n) is 5.04. The van der Waals surface area contributed by atoms with E-state index in [1.54, 1.807) is 31.8 Å². The smallest absolute Gasteiger partial charge is 0.197 e. The lowest BCUT2D eigenvalue weighted by atomic mass is 10.0. The number of hydrogen-bond donors (Lipinski definition) is 0. The number of rotatable bonds is 4. The Morgan fingerprint density at radius 3 is 2.33 bits per heavy atom. The fourth-order valence-electron chi connectivity index (χ4n) is 3.62. The Bertz CT molecular complexity index is 1100. The summed E-state index contributed by atoms with van der Waals surface area (Å²) in [5, 5.41) is 1.15. The molecule has 132 valence electrons. The Hall–Kier alpha value is -3.41. The Balaban J connectivity index is 1.44. The molecule has 0 bridgehead atoms. The van der Waals surface area contributed by atoms with Crippen LogP contribution in [0, 0.1) is 0 Å². The minimum atomic E-state index is 0.424. The number of ether oxygens (including phenoxy) is 1. The molecule has 0 aliphatic heterocycles. The number of pyridine rings is 1. The molecular weight excluding hydrogens is 338 g/mol. The predicted octanol–water partition coefficient (Wildman–Crippen LogP) is 3.76. The van der Waals surface area contributed by atoms with Gasteiger partial charge in [0.1, 0.15) is 11.3 Å². The number of methoxy groups -OCH3 is 1. The van der Waals surface area contributed by atoms with E-state index in [1.807, 2.05) is 24.5 Å². The second kappa shape index (κ2) is 6.39. The van der Waals surface area contributed by atoms with Gasteiger partial charge in [0.2, 0.25) is 0 Å². The van der Waals surface area contributed by atoms with Crippen molar-refractivity contribution in [1.82, 2.24) is 24.9 Å². The van der Waals surface area contributed by atoms with E-state index in [1.165, 1.54) is 5.56 Å². The molecule has 0 radical (unpaired) electrons. The van der Waals surface area contributed by atoms with Gasteiger partial charge in [-0.05, 0) is 47.6 Å². The summed E-state index contributed by atoms with van der Waals surface area (Å²) in [6, 6.07) is 10.0. The summed E-state index contributed by atoms with van der Waals surface area (Å²) in [5.41, 5.74) is 3.36. The van der Waals surface area contributed by atoms with Crippen LogP contribution in [0.2, 0.25) is 0 Å². The monoisotopic (exact) mass is 355 g/mol. The third-order valence-corrected chi connectivity index (χ3v) is 5.04. The van der Waals surface area contributed by atoms with Gasteiger partial charge in [0.05, 0.1) is 7.11 Å². The zero-order chi connectivity index (χ0) is 18.2. The first kappa shape index (κ1) is 15.8. The van der Waals surface area contributed by atoms with Crippen molar-refractivity contribution in [2.75, 3.05) is 7.11 Å². The van der Waals surface area contributed by atoms with Crippen molar-refractivity contribution < 1.29 is 4.74 Å². The van der Waals surface area contributed by atoms with Gasteiger partial charge in [0.25, 0.3) is 0 Å². The lowest BCUT2D eigenvalue weighted by molar-refractivity contribution is 0.419. The van der Waals surface area contributed by atoms with Crippen LogP contribution >= 0.6 is 0 Å². The third kappa shape index (κ3) is 2.79. The molecule has 6 heteroatoms. The Labute approximate surface area is 156 Å². The van der Waals surface area contributed by atoms with Crippen LogP contribution in [0.5, 0.6) is 5.75 Å². The van der Waals surface area contributed by atoms with E-state index in [0.29, 0.717) is 23.5 Å². The molecule has 1 saturated carbocycles. The van der Waals surface area contributed by atoms with E-state index in [9.17, 15) is 0 Å². The van der Waals surface area contributed by atoms with Gasteiger partial charge >= 0.3 is 0 Å². The number of fused-ring (bicyclic) bond motifs is 1. The van der Waals surface area contributed by atoms with Crippen molar-refractivity contribution in [3.8, 4) is 17.4 Å². The number of nitrogens with zero attached hydrogens (tertiary/aromatic N) is 5. The van der Waals surface area contributed by atoms with Crippen molar-refractivity contribution >= 4 is 10.9 Å². The summed E-state index contributed by atoms with van der Waals surface area (Å²) in [6.07, 6.45) is 10.1. The summed E-state index contributed by atoms with van der Waals surface area (Å²) in [5.74, 6) is 2.78. The van der Waals surface area contributed by atoms with Gasteiger partial charge in [-0.25, -0.2) is 19.9 Å². The highest BCUT2D eigenvalue weighted by molar-refractivity contribution is 5.88. The van der Waals surface area contributed by atoms with Crippen LogP contribution in [-0.2, 0) is 0 Å². The van der Waals surface area contributed by atoms with Crippen molar-refractivity contribution in [3.63, 3.8) is 0 Å². The summed E-state index contributed by atoms with van der Waals surface area (Å²) in [4.78, 5) is 21.8. The molecule has 2 atom stereocenters. The van der Waals surface area contributed by atoms with E-state index >= 15 is 0 Å². The molecule has 3 heterocycles. The summed E-state index contributed by atoms with van der Waals surface area (Å²) < 4.78 is 5.45. The van der Waals surface area contributed by atoms with E-state index in [4.69, 9.17) is 4.74 Å². The van der Waals surface area contributed by atoms with Gasteiger partial charge in [-0.2, -0.15) is 0 Å². The highest BCUT2D eigenvalue weighted by Gasteiger charge is 2.41. The molecule has 0 spiro atoms. The molecule has 4 aromatic rings. The fraction of sp³-hybridized carbons (Fsp3) is 0.190.